The molecule has 2 heterocycles. The molecule has 3 rings (SSSR count). The maximum atomic E-state index is 12.9. The van der Waals surface area contributed by atoms with Crippen LogP contribution in [0, 0.1) is 5.92 Å². The highest BCUT2D eigenvalue weighted by Crippen LogP contribution is 2.25. The van der Waals surface area contributed by atoms with Crippen molar-refractivity contribution in [2.45, 2.75) is 12.8 Å². The zero-order valence-corrected chi connectivity index (χ0v) is 13.6. The average Bonchev–Trinajstić information content (AvgIpc) is 2.59. The highest BCUT2D eigenvalue weighted by molar-refractivity contribution is 6.32. The molecule has 0 saturated carbocycles. The zero-order chi connectivity index (χ0) is 16.4. The molecule has 1 aromatic heterocycles. The van der Waals surface area contributed by atoms with E-state index in [1.165, 1.54) is 0 Å². The lowest BCUT2D eigenvalue weighted by atomic mass is 9.96. The number of hydrogen-bond acceptors (Lipinski definition) is 3. The smallest absolute Gasteiger partial charge is 0.256 e. The van der Waals surface area contributed by atoms with Gasteiger partial charge in [0.1, 0.15) is 0 Å². The molecule has 1 aliphatic rings. The number of nitrogens with one attached hydrogen (secondary N) is 1. The van der Waals surface area contributed by atoms with Gasteiger partial charge in [-0.15, -0.1) is 0 Å². The summed E-state index contributed by atoms with van der Waals surface area (Å²) in [4.78, 5) is 30.8. The predicted octanol–water partition coefficient (Wildman–Crippen LogP) is 2.49. The lowest BCUT2D eigenvalue weighted by molar-refractivity contribution is -0.125. The largest absolute Gasteiger partial charge is 0.359 e. The number of hydrogen-bond donors (Lipinski definition) is 1. The topological polar surface area (TPSA) is 62.3 Å². The van der Waals surface area contributed by atoms with E-state index in [0.717, 1.165) is 18.2 Å². The van der Waals surface area contributed by atoms with E-state index in [9.17, 15) is 9.59 Å². The summed E-state index contributed by atoms with van der Waals surface area (Å²) >= 11 is 6.15. The van der Waals surface area contributed by atoms with Gasteiger partial charge >= 0.3 is 0 Å². The number of carbonyl (C=O) groups excluding carboxylic acids is 2. The second-order valence-corrected chi connectivity index (χ2v) is 6.17. The van der Waals surface area contributed by atoms with Crippen molar-refractivity contribution in [3.63, 3.8) is 0 Å². The number of rotatable bonds is 2. The maximum absolute atomic E-state index is 12.9. The molecule has 2 aromatic rings. The van der Waals surface area contributed by atoms with E-state index in [1.807, 2.05) is 12.1 Å². The van der Waals surface area contributed by atoms with Gasteiger partial charge in [0.2, 0.25) is 5.91 Å². The molecule has 0 bridgehead atoms. The molecule has 1 aromatic carbocycles. The highest BCUT2D eigenvalue weighted by atomic mass is 35.5. The Bertz CT molecular complexity index is 763. The van der Waals surface area contributed by atoms with Crippen LogP contribution in [0.5, 0.6) is 0 Å². The van der Waals surface area contributed by atoms with Crippen molar-refractivity contribution < 1.29 is 9.59 Å². The Morgan fingerprint density at radius 2 is 2.22 bits per heavy atom. The first-order valence-electron chi connectivity index (χ1n) is 7.65. The van der Waals surface area contributed by atoms with E-state index in [0.29, 0.717) is 29.2 Å². The van der Waals surface area contributed by atoms with E-state index in [2.05, 4.69) is 10.3 Å². The van der Waals surface area contributed by atoms with Gasteiger partial charge < -0.3 is 10.2 Å². The van der Waals surface area contributed by atoms with Crippen LogP contribution in [0.15, 0.2) is 30.5 Å². The molecule has 1 aliphatic heterocycles. The van der Waals surface area contributed by atoms with Crippen LogP contribution >= 0.6 is 11.6 Å². The minimum absolute atomic E-state index is 0.0171. The number of benzene rings is 1. The molecule has 1 saturated heterocycles. The summed E-state index contributed by atoms with van der Waals surface area (Å²) in [6.45, 7) is 1.08. The van der Waals surface area contributed by atoms with Crippen LogP contribution in [-0.4, -0.2) is 41.8 Å². The Kier molecular flexibility index (Phi) is 4.48. The number of fused-ring (bicyclic) bond motifs is 1. The minimum Gasteiger partial charge on any atom is -0.359 e. The molecule has 1 unspecified atom stereocenters. The summed E-state index contributed by atoms with van der Waals surface area (Å²) in [6, 6.07) is 7.15. The van der Waals surface area contributed by atoms with Crippen LogP contribution in [0.3, 0.4) is 0 Å². The number of nitrogens with zero attached hydrogens (tertiary/aromatic N) is 2. The van der Waals surface area contributed by atoms with Crippen molar-refractivity contribution in [2.24, 2.45) is 5.92 Å². The van der Waals surface area contributed by atoms with Crippen molar-refractivity contribution in [3.8, 4) is 0 Å². The second kappa shape index (κ2) is 6.54. The fourth-order valence-electron chi connectivity index (χ4n) is 3.07. The molecule has 5 nitrogen and oxygen atoms in total. The summed E-state index contributed by atoms with van der Waals surface area (Å²) in [5, 5.41) is 4.01. The molecule has 1 N–H and O–H groups in total. The number of aromatic nitrogens is 1. The molecule has 2 amide bonds. The minimum atomic E-state index is -0.156. The Labute approximate surface area is 139 Å². The average molecular weight is 332 g/mol. The number of halogens is 1. The number of piperidine rings is 1. The summed E-state index contributed by atoms with van der Waals surface area (Å²) < 4.78 is 0. The van der Waals surface area contributed by atoms with E-state index < -0.39 is 0 Å². The number of likely N-dealkylation sites (tertiary alicyclic amines) is 1. The maximum Gasteiger partial charge on any atom is 0.256 e. The third-order valence-corrected chi connectivity index (χ3v) is 4.44. The fraction of sp³-hybridized carbons (Fsp3) is 0.353. The number of pyridine rings is 1. The molecule has 0 radical (unpaired) electrons. The van der Waals surface area contributed by atoms with Crippen LogP contribution in [0.2, 0.25) is 5.02 Å². The lowest BCUT2D eigenvalue weighted by Crippen LogP contribution is -2.44. The normalized spacial score (nSPS) is 18.0. The first-order valence-corrected chi connectivity index (χ1v) is 8.03. The number of carbonyl (C=O) groups is 2. The zero-order valence-electron chi connectivity index (χ0n) is 12.9. The fourth-order valence-corrected chi connectivity index (χ4v) is 3.30. The molecule has 120 valence electrons. The van der Waals surface area contributed by atoms with Crippen molar-refractivity contribution >= 4 is 34.3 Å². The predicted molar refractivity (Wildman–Crippen MR) is 89.4 cm³/mol. The first-order chi connectivity index (χ1) is 11.1. The van der Waals surface area contributed by atoms with Gasteiger partial charge in [0, 0.05) is 36.7 Å². The molecular formula is C17H18ClN3O2. The van der Waals surface area contributed by atoms with E-state index in [4.69, 9.17) is 11.6 Å². The summed E-state index contributed by atoms with van der Waals surface area (Å²) in [5.41, 5.74) is 1.13. The van der Waals surface area contributed by atoms with Crippen molar-refractivity contribution in [3.05, 3.63) is 41.0 Å². The van der Waals surface area contributed by atoms with Crippen LogP contribution < -0.4 is 5.32 Å². The van der Waals surface area contributed by atoms with Gasteiger partial charge in [0.05, 0.1) is 17.0 Å². The SMILES string of the molecule is CNC(=O)C1CCCN(C(=O)c2cc(Cl)cc3cccnc23)C1. The van der Waals surface area contributed by atoms with Gasteiger partial charge in [0.15, 0.2) is 0 Å². The first kappa shape index (κ1) is 15.7. The molecule has 0 aliphatic carbocycles. The van der Waals surface area contributed by atoms with Gasteiger partial charge in [-0.2, -0.15) is 0 Å². The van der Waals surface area contributed by atoms with Gasteiger partial charge in [0.25, 0.3) is 5.91 Å². The van der Waals surface area contributed by atoms with Crippen molar-refractivity contribution in [1.29, 1.82) is 0 Å². The van der Waals surface area contributed by atoms with E-state index >= 15 is 0 Å². The van der Waals surface area contributed by atoms with Crippen LogP contribution in [0.4, 0.5) is 0 Å². The standard InChI is InChI=1S/C17H18ClN3O2/c1-19-16(22)12-5-3-7-21(10-12)17(23)14-9-13(18)8-11-4-2-6-20-15(11)14/h2,4,6,8-9,12H,3,5,7,10H2,1H3,(H,19,22). The van der Waals surface area contributed by atoms with Gasteiger partial charge in [-0.1, -0.05) is 17.7 Å². The summed E-state index contributed by atoms with van der Waals surface area (Å²) in [5.74, 6) is -0.294. The Hall–Kier alpha value is -2.14. The lowest BCUT2D eigenvalue weighted by Gasteiger charge is -2.32. The van der Waals surface area contributed by atoms with E-state index in [-0.39, 0.29) is 17.7 Å². The third-order valence-electron chi connectivity index (χ3n) is 4.23. The quantitative estimate of drug-likeness (QED) is 0.919. The monoisotopic (exact) mass is 331 g/mol. The van der Waals surface area contributed by atoms with Crippen molar-refractivity contribution in [2.75, 3.05) is 20.1 Å². The molecule has 1 atom stereocenters. The Morgan fingerprint density at radius 1 is 1.39 bits per heavy atom. The second-order valence-electron chi connectivity index (χ2n) is 5.73. The molecule has 23 heavy (non-hydrogen) atoms. The molecule has 0 spiro atoms. The van der Waals surface area contributed by atoms with Crippen molar-refractivity contribution in [1.82, 2.24) is 15.2 Å². The molecule has 6 heteroatoms. The number of amides is 2. The van der Waals surface area contributed by atoms with Gasteiger partial charge in [-0.3, -0.25) is 14.6 Å². The van der Waals surface area contributed by atoms with Gasteiger partial charge in [-0.05, 0) is 31.0 Å². The Balaban J connectivity index is 1.92. The third kappa shape index (κ3) is 3.15. The Morgan fingerprint density at radius 3 is 3.00 bits per heavy atom. The molecule has 1 fully saturated rings. The molecular weight excluding hydrogens is 314 g/mol. The van der Waals surface area contributed by atoms with Crippen LogP contribution in [0.1, 0.15) is 23.2 Å². The highest BCUT2D eigenvalue weighted by Gasteiger charge is 2.29. The van der Waals surface area contributed by atoms with Crippen LogP contribution in [-0.2, 0) is 4.79 Å². The summed E-state index contributed by atoms with van der Waals surface area (Å²) in [6.07, 6.45) is 3.28. The van der Waals surface area contributed by atoms with E-state index in [1.54, 1.807) is 30.3 Å². The summed E-state index contributed by atoms with van der Waals surface area (Å²) in [7, 11) is 1.62. The van der Waals surface area contributed by atoms with Crippen LogP contribution in [0.25, 0.3) is 10.9 Å². The van der Waals surface area contributed by atoms with Gasteiger partial charge in [-0.25, -0.2) is 0 Å².